The van der Waals surface area contributed by atoms with Crippen LogP contribution in [0.1, 0.15) is 11.1 Å². The summed E-state index contributed by atoms with van der Waals surface area (Å²) >= 11 is 0. The normalized spacial score (nSPS) is 9.58. The van der Waals surface area contributed by atoms with Gasteiger partial charge in [0.25, 0.3) is 0 Å². The van der Waals surface area contributed by atoms with Crippen LogP contribution in [0, 0.1) is 12.7 Å². The van der Waals surface area contributed by atoms with E-state index in [2.05, 4.69) is 11.9 Å². The molecule has 1 rings (SSSR count). The molecule has 0 saturated carbocycles. The van der Waals surface area contributed by atoms with Gasteiger partial charge in [0.2, 0.25) is 0 Å². The van der Waals surface area contributed by atoms with E-state index in [1.54, 1.807) is 13.1 Å². The third kappa shape index (κ3) is 1.47. The van der Waals surface area contributed by atoms with Gasteiger partial charge in [0.1, 0.15) is 5.82 Å². The summed E-state index contributed by atoms with van der Waals surface area (Å²) in [7, 11) is 1.73. The minimum atomic E-state index is -0.227. The van der Waals surface area contributed by atoms with Gasteiger partial charge in [-0.25, -0.2) is 4.39 Å². The Kier molecular flexibility index (Phi) is 2.48. The van der Waals surface area contributed by atoms with Crippen LogP contribution in [0.2, 0.25) is 0 Å². The van der Waals surface area contributed by atoms with Gasteiger partial charge in [-0.2, -0.15) is 0 Å². The lowest BCUT2D eigenvalue weighted by Crippen LogP contribution is -2.06. The number of benzene rings is 1. The molecule has 0 aliphatic rings. The Morgan fingerprint density at radius 2 is 2.17 bits per heavy atom. The Morgan fingerprint density at radius 3 is 2.67 bits per heavy atom. The van der Waals surface area contributed by atoms with Crippen molar-refractivity contribution >= 4 is 5.70 Å². The maximum absolute atomic E-state index is 13.2. The van der Waals surface area contributed by atoms with Gasteiger partial charge >= 0.3 is 0 Å². The van der Waals surface area contributed by atoms with Gasteiger partial charge in [-0.05, 0) is 18.6 Å². The Bertz CT molecular complexity index is 284. The summed E-state index contributed by atoms with van der Waals surface area (Å²) in [6.45, 7) is 5.58. The smallest absolute Gasteiger partial charge is 0.132 e. The van der Waals surface area contributed by atoms with Gasteiger partial charge in [-0.3, -0.25) is 0 Å². The predicted molar refractivity (Wildman–Crippen MR) is 49.2 cm³/mol. The van der Waals surface area contributed by atoms with Crippen molar-refractivity contribution in [2.75, 3.05) is 7.05 Å². The van der Waals surface area contributed by atoms with E-state index >= 15 is 0 Å². The van der Waals surface area contributed by atoms with Crippen LogP contribution in [0.25, 0.3) is 5.70 Å². The lowest BCUT2D eigenvalue weighted by Gasteiger charge is -2.08. The molecule has 0 fully saturated rings. The van der Waals surface area contributed by atoms with Crippen molar-refractivity contribution in [1.29, 1.82) is 0 Å². The molecule has 0 atom stereocenters. The van der Waals surface area contributed by atoms with E-state index in [-0.39, 0.29) is 5.82 Å². The molecule has 1 nitrogen and oxygen atoms in total. The van der Waals surface area contributed by atoms with E-state index < -0.39 is 0 Å². The summed E-state index contributed by atoms with van der Waals surface area (Å²) < 4.78 is 13.2. The minimum Gasteiger partial charge on any atom is -0.388 e. The number of aryl methyl sites for hydroxylation is 1. The molecule has 0 saturated heterocycles. The van der Waals surface area contributed by atoms with E-state index in [0.717, 1.165) is 5.56 Å². The highest BCUT2D eigenvalue weighted by atomic mass is 19.1. The van der Waals surface area contributed by atoms with Crippen LogP contribution in [-0.4, -0.2) is 7.05 Å². The monoisotopic (exact) mass is 165 g/mol. The molecule has 0 unspecified atom stereocenters. The largest absolute Gasteiger partial charge is 0.388 e. The van der Waals surface area contributed by atoms with E-state index in [4.69, 9.17) is 0 Å². The molecule has 64 valence electrons. The first kappa shape index (κ1) is 8.78. The van der Waals surface area contributed by atoms with E-state index in [9.17, 15) is 4.39 Å². The fourth-order valence-electron chi connectivity index (χ4n) is 1.14. The maximum atomic E-state index is 13.2. The number of rotatable bonds is 2. The van der Waals surface area contributed by atoms with Gasteiger partial charge in [-0.15, -0.1) is 0 Å². The summed E-state index contributed by atoms with van der Waals surface area (Å²) in [5, 5.41) is 2.83. The molecule has 1 N–H and O–H groups in total. The zero-order chi connectivity index (χ0) is 9.14. The highest BCUT2D eigenvalue weighted by Gasteiger charge is 2.06. The van der Waals surface area contributed by atoms with Crippen LogP contribution in [-0.2, 0) is 0 Å². The third-order valence-corrected chi connectivity index (χ3v) is 1.83. The van der Waals surface area contributed by atoms with Crippen molar-refractivity contribution in [1.82, 2.24) is 5.32 Å². The van der Waals surface area contributed by atoms with Crippen LogP contribution < -0.4 is 5.32 Å². The molecule has 0 bridgehead atoms. The molecule has 0 spiro atoms. The topological polar surface area (TPSA) is 12.0 Å². The highest BCUT2D eigenvalue weighted by Crippen LogP contribution is 2.18. The fraction of sp³-hybridized carbons (Fsp3) is 0.200. The summed E-state index contributed by atoms with van der Waals surface area (Å²) in [6, 6.07) is 4.99. The van der Waals surface area contributed by atoms with Gasteiger partial charge in [0.15, 0.2) is 0 Å². The van der Waals surface area contributed by atoms with E-state index in [1.165, 1.54) is 6.07 Å². The molecular weight excluding hydrogens is 153 g/mol. The van der Waals surface area contributed by atoms with E-state index in [1.807, 2.05) is 13.0 Å². The Morgan fingerprint density at radius 1 is 1.50 bits per heavy atom. The molecule has 0 amide bonds. The van der Waals surface area contributed by atoms with Crippen molar-refractivity contribution in [2.24, 2.45) is 0 Å². The lowest BCUT2D eigenvalue weighted by atomic mass is 10.1. The Balaban J connectivity index is 3.21. The molecule has 2 heteroatoms. The Hall–Kier alpha value is -1.31. The molecule has 0 aliphatic heterocycles. The minimum absolute atomic E-state index is 0.227. The van der Waals surface area contributed by atoms with Gasteiger partial charge in [0.05, 0.1) is 0 Å². The lowest BCUT2D eigenvalue weighted by molar-refractivity contribution is 0.621. The second kappa shape index (κ2) is 3.39. The van der Waals surface area contributed by atoms with Crippen molar-refractivity contribution in [3.63, 3.8) is 0 Å². The first-order chi connectivity index (χ1) is 5.66. The zero-order valence-corrected chi connectivity index (χ0v) is 7.32. The molecule has 0 radical (unpaired) electrons. The summed E-state index contributed by atoms with van der Waals surface area (Å²) in [4.78, 5) is 0. The summed E-state index contributed by atoms with van der Waals surface area (Å²) in [5.74, 6) is -0.227. The molecule has 12 heavy (non-hydrogen) atoms. The standard InChI is InChI=1S/C10H12FN/c1-7-5-4-6-9(11)10(7)8(2)12-3/h4-6,12H,2H2,1,3H3. The van der Waals surface area contributed by atoms with Crippen LogP contribution in [0.15, 0.2) is 24.8 Å². The second-order valence-electron chi connectivity index (χ2n) is 2.66. The number of hydrogen-bond donors (Lipinski definition) is 1. The number of hydrogen-bond acceptors (Lipinski definition) is 1. The molecular formula is C10H12FN. The van der Waals surface area contributed by atoms with Crippen LogP contribution in [0.3, 0.4) is 0 Å². The van der Waals surface area contributed by atoms with E-state index in [0.29, 0.717) is 11.3 Å². The van der Waals surface area contributed by atoms with Crippen LogP contribution >= 0.6 is 0 Å². The first-order valence-electron chi connectivity index (χ1n) is 3.79. The molecule has 1 aromatic rings. The molecule has 1 aromatic carbocycles. The van der Waals surface area contributed by atoms with Gasteiger partial charge in [-0.1, -0.05) is 18.7 Å². The van der Waals surface area contributed by atoms with Crippen LogP contribution in [0.5, 0.6) is 0 Å². The van der Waals surface area contributed by atoms with Crippen molar-refractivity contribution in [3.8, 4) is 0 Å². The highest BCUT2D eigenvalue weighted by molar-refractivity contribution is 5.64. The molecule has 0 aromatic heterocycles. The quantitative estimate of drug-likeness (QED) is 0.709. The van der Waals surface area contributed by atoms with Crippen molar-refractivity contribution in [2.45, 2.75) is 6.92 Å². The SMILES string of the molecule is C=C(NC)c1c(C)cccc1F. The van der Waals surface area contributed by atoms with Crippen LogP contribution in [0.4, 0.5) is 4.39 Å². The molecule has 0 aliphatic carbocycles. The summed E-state index contributed by atoms with van der Waals surface area (Å²) in [5.41, 5.74) is 2.08. The second-order valence-corrected chi connectivity index (χ2v) is 2.66. The zero-order valence-electron chi connectivity index (χ0n) is 7.32. The van der Waals surface area contributed by atoms with Gasteiger partial charge < -0.3 is 5.32 Å². The first-order valence-corrected chi connectivity index (χ1v) is 3.79. The maximum Gasteiger partial charge on any atom is 0.132 e. The van der Waals surface area contributed by atoms with Gasteiger partial charge in [0, 0.05) is 18.3 Å². The predicted octanol–water partition coefficient (Wildman–Crippen LogP) is 2.32. The summed E-state index contributed by atoms with van der Waals surface area (Å²) in [6.07, 6.45) is 0. The molecule has 0 heterocycles. The number of halogens is 1. The van der Waals surface area contributed by atoms with Crippen molar-refractivity contribution < 1.29 is 4.39 Å². The average molecular weight is 165 g/mol. The number of nitrogens with one attached hydrogen (secondary N) is 1. The fourth-order valence-corrected chi connectivity index (χ4v) is 1.14. The van der Waals surface area contributed by atoms with Crippen molar-refractivity contribution in [3.05, 3.63) is 41.7 Å². The Labute approximate surface area is 71.9 Å². The third-order valence-electron chi connectivity index (χ3n) is 1.83. The average Bonchev–Trinajstić information content (AvgIpc) is 2.03.